The summed E-state index contributed by atoms with van der Waals surface area (Å²) in [7, 11) is 5.64. The molecule has 0 unspecified atom stereocenters. The van der Waals surface area contributed by atoms with Crippen LogP contribution in [-0.4, -0.2) is 93.4 Å². The molecule has 218 valence electrons. The van der Waals surface area contributed by atoms with Crippen molar-refractivity contribution in [2.75, 3.05) is 47.6 Å². The quantitative estimate of drug-likeness (QED) is 0.551. The van der Waals surface area contributed by atoms with E-state index >= 15 is 0 Å². The van der Waals surface area contributed by atoms with Crippen molar-refractivity contribution in [2.24, 2.45) is 0 Å². The van der Waals surface area contributed by atoms with Crippen LogP contribution in [-0.2, 0) is 39.9 Å². The number of benzene rings is 2. The smallest absolute Gasteiger partial charge is 0.410 e. The topological polar surface area (TPSA) is 69.7 Å². The third-order valence-corrected chi connectivity index (χ3v) is 8.46. The molecule has 2 aliphatic carbocycles. The zero-order valence-corrected chi connectivity index (χ0v) is 24.8. The second-order valence-corrected chi connectivity index (χ2v) is 12.1. The van der Waals surface area contributed by atoms with Gasteiger partial charge in [-0.15, -0.1) is 0 Å². The second-order valence-electron chi connectivity index (χ2n) is 12.1. The Morgan fingerprint density at radius 1 is 0.800 bits per heavy atom. The zero-order chi connectivity index (χ0) is 28.4. The van der Waals surface area contributed by atoms with Gasteiger partial charge < -0.3 is 23.7 Å². The lowest BCUT2D eigenvalue weighted by atomic mass is 9.84. The summed E-state index contributed by atoms with van der Waals surface area (Å²) >= 11 is 0. The van der Waals surface area contributed by atoms with E-state index in [1.807, 2.05) is 43.9 Å². The first-order chi connectivity index (χ1) is 19.2. The van der Waals surface area contributed by atoms with Crippen LogP contribution in [0.3, 0.4) is 0 Å². The summed E-state index contributed by atoms with van der Waals surface area (Å²) in [5.41, 5.74) is 4.70. The Morgan fingerprint density at radius 3 is 1.88 bits per heavy atom. The van der Waals surface area contributed by atoms with Crippen LogP contribution in [0.2, 0.25) is 0 Å². The maximum atomic E-state index is 12.5. The fourth-order valence-corrected chi connectivity index (χ4v) is 6.46. The van der Waals surface area contributed by atoms with Gasteiger partial charge in [0.25, 0.3) is 0 Å². The third kappa shape index (κ3) is 6.09. The van der Waals surface area contributed by atoms with Gasteiger partial charge in [-0.2, -0.15) is 0 Å². The van der Waals surface area contributed by atoms with Crippen LogP contribution in [0.15, 0.2) is 36.4 Å². The number of morpholine rings is 2. The van der Waals surface area contributed by atoms with Crippen LogP contribution in [0.1, 0.15) is 43.0 Å². The summed E-state index contributed by atoms with van der Waals surface area (Å²) in [6.45, 7) is 8.69. The van der Waals surface area contributed by atoms with Crippen molar-refractivity contribution in [2.45, 2.75) is 76.3 Å². The van der Waals surface area contributed by atoms with E-state index in [4.69, 9.17) is 23.7 Å². The van der Waals surface area contributed by atoms with Crippen LogP contribution in [0, 0.1) is 0 Å². The predicted octanol–water partition coefficient (Wildman–Crippen LogP) is 4.29. The molecule has 2 aromatic carbocycles. The Labute approximate surface area is 238 Å². The Kier molecular flexibility index (Phi) is 8.59. The molecular formula is C32H44N2O6. The Balaban J connectivity index is 0.000000168. The lowest BCUT2D eigenvalue weighted by Gasteiger charge is -2.44. The van der Waals surface area contributed by atoms with Gasteiger partial charge in [-0.25, -0.2) is 4.79 Å². The lowest BCUT2D eigenvalue weighted by molar-refractivity contribution is -0.0783. The van der Waals surface area contributed by atoms with Gasteiger partial charge >= 0.3 is 6.09 Å². The summed E-state index contributed by atoms with van der Waals surface area (Å²) in [5.74, 6) is 1.91. The van der Waals surface area contributed by atoms with E-state index < -0.39 is 5.60 Å². The molecule has 8 heteroatoms. The van der Waals surface area contributed by atoms with Crippen LogP contribution >= 0.6 is 0 Å². The number of carbonyl (C=O) groups excluding carboxylic acids is 1. The van der Waals surface area contributed by atoms with Crippen molar-refractivity contribution in [3.05, 3.63) is 58.7 Å². The van der Waals surface area contributed by atoms with Gasteiger partial charge in [0.15, 0.2) is 0 Å². The van der Waals surface area contributed by atoms with Crippen LogP contribution in [0.5, 0.6) is 11.5 Å². The van der Waals surface area contributed by atoms with E-state index in [0.29, 0.717) is 25.3 Å². The molecule has 2 saturated heterocycles. The number of nitrogens with zero attached hydrogens (tertiary/aromatic N) is 2. The Bertz CT molecular complexity index is 1190. The number of hydrogen-bond acceptors (Lipinski definition) is 7. The molecule has 0 saturated carbocycles. The summed E-state index contributed by atoms with van der Waals surface area (Å²) in [4.78, 5) is 16.8. The van der Waals surface area contributed by atoms with Crippen molar-refractivity contribution in [1.82, 2.24) is 9.80 Å². The first-order valence-electron chi connectivity index (χ1n) is 14.4. The number of hydrogen-bond donors (Lipinski definition) is 0. The summed E-state index contributed by atoms with van der Waals surface area (Å²) in [6.07, 6.45) is 3.68. The van der Waals surface area contributed by atoms with Crippen LogP contribution < -0.4 is 9.47 Å². The Morgan fingerprint density at radius 2 is 1.32 bits per heavy atom. The molecule has 0 radical (unpaired) electrons. The lowest BCUT2D eigenvalue weighted by Crippen LogP contribution is -2.57. The molecule has 6 rings (SSSR count). The van der Waals surface area contributed by atoms with Crippen molar-refractivity contribution in [3.8, 4) is 11.5 Å². The molecule has 0 aromatic heterocycles. The average molecular weight is 553 g/mol. The van der Waals surface area contributed by atoms with Gasteiger partial charge in [0.1, 0.15) is 17.1 Å². The average Bonchev–Trinajstić information content (AvgIpc) is 2.94. The largest absolute Gasteiger partial charge is 0.496 e. The van der Waals surface area contributed by atoms with Crippen molar-refractivity contribution < 1.29 is 28.5 Å². The molecule has 4 aliphatic rings. The highest BCUT2D eigenvalue weighted by atomic mass is 16.6. The monoisotopic (exact) mass is 552 g/mol. The number of rotatable bonds is 2. The van der Waals surface area contributed by atoms with E-state index in [0.717, 1.165) is 50.3 Å². The highest BCUT2D eigenvalue weighted by molar-refractivity contribution is 5.69. The first-order valence-corrected chi connectivity index (χ1v) is 14.4. The van der Waals surface area contributed by atoms with E-state index in [-0.39, 0.29) is 18.2 Å². The molecule has 0 bridgehead atoms. The molecule has 40 heavy (non-hydrogen) atoms. The van der Waals surface area contributed by atoms with E-state index in [9.17, 15) is 4.79 Å². The molecular weight excluding hydrogens is 508 g/mol. The molecule has 2 aliphatic heterocycles. The van der Waals surface area contributed by atoms with Crippen LogP contribution in [0.4, 0.5) is 4.79 Å². The van der Waals surface area contributed by atoms with E-state index in [1.165, 1.54) is 22.3 Å². The van der Waals surface area contributed by atoms with E-state index in [1.54, 1.807) is 14.2 Å². The minimum absolute atomic E-state index is 0.0000633. The molecule has 2 fully saturated rings. The normalized spacial score (nSPS) is 25.7. The summed E-state index contributed by atoms with van der Waals surface area (Å²) in [5, 5.41) is 0. The maximum Gasteiger partial charge on any atom is 0.410 e. The SMILES string of the molecule is COc1cccc2c1C[C@H]1OCCN(C(=O)OC(C)(C)C)[C@@H]1C2.COc1cccc2c1C[C@H]1OCCN(C)[C@@H]1C2. The first kappa shape index (κ1) is 28.7. The predicted molar refractivity (Wildman–Crippen MR) is 153 cm³/mol. The number of ether oxygens (including phenoxy) is 5. The highest BCUT2D eigenvalue weighted by Crippen LogP contribution is 2.35. The van der Waals surface area contributed by atoms with Crippen molar-refractivity contribution in [1.29, 1.82) is 0 Å². The van der Waals surface area contributed by atoms with Gasteiger partial charge in [0.05, 0.1) is 45.7 Å². The van der Waals surface area contributed by atoms with Gasteiger partial charge in [-0.3, -0.25) is 9.80 Å². The Hall–Kier alpha value is -2.81. The van der Waals surface area contributed by atoms with Gasteiger partial charge in [0.2, 0.25) is 0 Å². The molecule has 2 aromatic rings. The third-order valence-electron chi connectivity index (χ3n) is 8.46. The summed E-state index contributed by atoms with van der Waals surface area (Å²) < 4.78 is 28.3. The van der Waals surface area contributed by atoms with Crippen LogP contribution in [0.25, 0.3) is 0 Å². The second kappa shape index (κ2) is 12.0. The number of carbonyl (C=O) groups is 1. The number of likely N-dealkylation sites (N-methyl/N-ethyl adjacent to an activating group) is 1. The molecule has 0 spiro atoms. The zero-order valence-electron chi connectivity index (χ0n) is 24.8. The molecule has 4 atom stereocenters. The van der Waals surface area contributed by atoms with E-state index in [2.05, 4.69) is 30.1 Å². The van der Waals surface area contributed by atoms with Crippen molar-refractivity contribution in [3.63, 3.8) is 0 Å². The number of fused-ring (bicyclic) bond motifs is 4. The molecule has 1 amide bonds. The fourth-order valence-electron chi connectivity index (χ4n) is 6.46. The number of amides is 1. The van der Waals surface area contributed by atoms with Crippen molar-refractivity contribution >= 4 is 6.09 Å². The minimum atomic E-state index is -0.485. The van der Waals surface area contributed by atoms with Gasteiger partial charge in [-0.1, -0.05) is 24.3 Å². The summed E-state index contributed by atoms with van der Waals surface area (Å²) in [6, 6.07) is 13.0. The molecule has 2 heterocycles. The molecule has 8 nitrogen and oxygen atoms in total. The van der Waals surface area contributed by atoms with Gasteiger partial charge in [-0.05, 0) is 69.5 Å². The standard InChI is InChI=1S/C18H25NO4.C14H19NO2/c1-18(2,3)23-17(20)19-8-9-22-16-11-13-12(10-14(16)19)6-5-7-15(13)21-4;1-15-6-7-17-14-9-11-10(8-12(14)15)4-3-5-13(11)16-2/h5-7,14,16H,8-11H2,1-4H3;3-5,12,14H,6-9H2,1-2H3/t14-,16-;12-,14-/m11/s1. The van der Waals surface area contributed by atoms with Gasteiger partial charge in [0, 0.05) is 37.5 Å². The maximum absolute atomic E-state index is 12.5. The highest BCUT2D eigenvalue weighted by Gasteiger charge is 2.41. The number of methoxy groups -OCH3 is 2. The molecule has 0 N–H and O–H groups in total. The fraction of sp³-hybridized carbons (Fsp3) is 0.594. The minimum Gasteiger partial charge on any atom is -0.496 e.